The first-order chi connectivity index (χ1) is 9.95. The van der Waals surface area contributed by atoms with E-state index < -0.39 is 23.9 Å². The number of carboxylic acid groups (broad SMARTS) is 1. The first kappa shape index (κ1) is 16.6. The molecule has 1 amide bonds. The number of aromatic carboxylic acids is 1. The second-order valence-electron chi connectivity index (χ2n) is 4.27. The summed E-state index contributed by atoms with van der Waals surface area (Å²) in [4.78, 5) is 33.5. The third-order valence-electron chi connectivity index (χ3n) is 2.74. The van der Waals surface area contributed by atoms with E-state index in [-0.39, 0.29) is 12.2 Å². The Balaban J connectivity index is 2.40. The summed E-state index contributed by atoms with van der Waals surface area (Å²) in [5.74, 6) is -2.35. The van der Waals surface area contributed by atoms with Crippen molar-refractivity contribution in [3.63, 3.8) is 0 Å². The predicted molar refractivity (Wildman–Crippen MR) is 74.7 cm³/mol. The van der Waals surface area contributed by atoms with Crippen LogP contribution in [0.25, 0.3) is 0 Å². The van der Waals surface area contributed by atoms with Crippen LogP contribution in [0.2, 0.25) is 0 Å². The van der Waals surface area contributed by atoms with Gasteiger partial charge in [-0.1, -0.05) is 12.1 Å². The topological polar surface area (TPSA) is 119 Å². The first-order valence-electron chi connectivity index (χ1n) is 6.48. The summed E-state index contributed by atoms with van der Waals surface area (Å²) in [5, 5.41) is 11.3. The fourth-order valence-electron chi connectivity index (χ4n) is 1.59. The number of benzene rings is 1. The van der Waals surface area contributed by atoms with E-state index in [2.05, 4.69) is 10.1 Å². The van der Waals surface area contributed by atoms with E-state index in [0.717, 1.165) is 5.56 Å². The molecule has 1 unspecified atom stereocenters. The molecule has 0 aromatic heterocycles. The molecule has 21 heavy (non-hydrogen) atoms. The van der Waals surface area contributed by atoms with Crippen molar-refractivity contribution < 1.29 is 24.2 Å². The number of rotatable bonds is 7. The molecule has 114 valence electrons. The quantitative estimate of drug-likeness (QED) is 0.478. The molecule has 0 saturated carbocycles. The number of amides is 1. The van der Waals surface area contributed by atoms with Crippen LogP contribution in [0.5, 0.6) is 0 Å². The van der Waals surface area contributed by atoms with Gasteiger partial charge in [-0.25, -0.2) is 9.59 Å². The largest absolute Gasteiger partial charge is 0.478 e. The summed E-state index contributed by atoms with van der Waals surface area (Å²) >= 11 is 0. The number of nitrogens with one attached hydrogen (secondary N) is 1. The van der Waals surface area contributed by atoms with Gasteiger partial charge in [-0.3, -0.25) is 4.79 Å². The third-order valence-corrected chi connectivity index (χ3v) is 2.74. The standard InChI is InChI=1S/C14H18N2O5/c1-2-21-14(20)11(15)12(17)16-8-7-9-3-5-10(6-4-9)13(18)19/h3-6,11H,2,7-8,15H2,1H3,(H,16,17)(H,18,19). The van der Waals surface area contributed by atoms with Gasteiger partial charge in [-0.05, 0) is 31.0 Å². The molecule has 0 saturated heterocycles. The molecule has 1 aromatic rings. The number of esters is 1. The van der Waals surface area contributed by atoms with E-state index in [1.807, 2.05) is 0 Å². The van der Waals surface area contributed by atoms with Crippen molar-refractivity contribution in [1.29, 1.82) is 0 Å². The lowest BCUT2D eigenvalue weighted by Crippen LogP contribution is -2.47. The van der Waals surface area contributed by atoms with E-state index >= 15 is 0 Å². The molecule has 0 heterocycles. The van der Waals surface area contributed by atoms with Crippen LogP contribution in [0.3, 0.4) is 0 Å². The second-order valence-corrected chi connectivity index (χ2v) is 4.27. The summed E-state index contributed by atoms with van der Waals surface area (Å²) in [6, 6.07) is 4.98. The Bertz CT molecular complexity index is 513. The summed E-state index contributed by atoms with van der Waals surface area (Å²) in [6.07, 6.45) is 0.501. The van der Waals surface area contributed by atoms with Crippen LogP contribution in [-0.2, 0) is 20.7 Å². The SMILES string of the molecule is CCOC(=O)C(N)C(=O)NCCc1ccc(C(=O)O)cc1. The van der Waals surface area contributed by atoms with Gasteiger partial charge in [0.1, 0.15) is 0 Å². The Morgan fingerprint density at radius 3 is 2.43 bits per heavy atom. The van der Waals surface area contributed by atoms with E-state index in [9.17, 15) is 14.4 Å². The van der Waals surface area contributed by atoms with Gasteiger partial charge in [-0.2, -0.15) is 0 Å². The molecule has 0 spiro atoms. The van der Waals surface area contributed by atoms with Crippen molar-refractivity contribution in [2.75, 3.05) is 13.2 Å². The van der Waals surface area contributed by atoms with Gasteiger partial charge in [0.15, 0.2) is 6.04 Å². The van der Waals surface area contributed by atoms with Gasteiger partial charge in [0, 0.05) is 6.54 Å². The molecule has 0 radical (unpaired) electrons. The minimum absolute atomic E-state index is 0.162. The van der Waals surface area contributed by atoms with Crippen LogP contribution in [0, 0.1) is 0 Å². The molecule has 0 aliphatic heterocycles. The van der Waals surface area contributed by atoms with Gasteiger partial charge in [-0.15, -0.1) is 0 Å². The number of hydrogen-bond acceptors (Lipinski definition) is 5. The predicted octanol–water partition coefficient (Wildman–Crippen LogP) is -0.0661. The number of carboxylic acids is 1. The smallest absolute Gasteiger partial charge is 0.335 e. The van der Waals surface area contributed by atoms with Crippen molar-refractivity contribution in [3.05, 3.63) is 35.4 Å². The molecule has 7 nitrogen and oxygen atoms in total. The Morgan fingerprint density at radius 1 is 1.29 bits per heavy atom. The second kappa shape index (κ2) is 8.01. The molecule has 1 aromatic carbocycles. The average Bonchev–Trinajstić information content (AvgIpc) is 2.47. The number of carbonyl (C=O) groups excluding carboxylic acids is 2. The van der Waals surface area contributed by atoms with Gasteiger partial charge in [0.2, 0.25) is 5.91 Å². The van der Waals surface area contributed by atoms with Crippen LogP contribution in [-0.4, -0.2) is 42.1 Å². The lowest BCUT2D eigenvalue weighted by molar-refractivity contribution is -0.147. The summed E-state index contributed by atoms with van der Waals surface area (Å²) in [6.45, 7) is 2.08. The van der Waals surface area contributed by atoms with Gasteiger partial charge in [0.05, 0.1) is 12.2 Å². The highest BCUT2D eigenvalue weighted by Crippen LogP contribution is 2.04. The van der Waals surface area contributed by atoms with Crippen LogP contribution in [0.4, 0.5) is 0 Å². The zero-order chi connectivity index (χ0) is 15.8. The molecule has 1 rings (SSSR count). The van der Waals surface area contributed by atoms with E-state index in [1.54, 1.807) is 19.1 Å². The molecule has 4 N–H and O–H groups in total. The summed E-state index contributed by atoms with van der Waals surface area (Å²) < 4.78 is 4.64. The maximum absolute atomic E-state index is 11.6. The maximum atomic E-state index is 11.6. The maximum Gasteiger partial charge on any atom is 0.335 e. The Morgan fingerprint density at radius 2 is 1.90 bits per heavy atom. The number of ether oxygens (including phenoxy) is 1. The van der Waals surface area contributed by atoms with Crippen molar-refractivity contribution in [3.8, 4) is 0 Å². The number of hydrogen-bond donors (Lipinski definition) is 3. The Kier molecular flexibility index (Phi) is 6.35. The van der Waals surface area contributed by atoms with Crippen LogP contribution in [0.1, 0.15) is 22.8 Å². The lowest BCUT2D eigenvalue weighted by atomic mass is 10.1. The fourth-order valence-corrected chi connectivity index (χ4v) is 1.59. The van der Waals surface area contributed by atoms with E-state index in [0.29, 0.717) is 13.0 Å². The molecule has 0 fully saturated rings. The van der Waals surface area contributed by atoms with Crippen molar-refractivity contribution in [2.24, 2.45) is 5.73 Å². The van der Waals surface area contributed by atoms with Crippen LogP contribution < -0.4 is 11.1 Å². The molecule has 7 heteroatoms. The normalized spacial score (nSPS) is 11.5. The zero-order valence-electron chi connectivity index (χ0n) is 11.7. The van der Waals surface area contributed by atoms with Crippen molar-refractivity contribution in [2.45, 2.75) is 19.4 Å². The zero-order valence-corrected chi connectivity index (χ0v) is 11.7. The Labute approximate surface area is 122 Å². The third kappa shape index (κ3) is 5.23. The first-order valence-corrected chi connectivity index (χ1v) is 6.48. The number of nitrogens with two attached hydrogens (primary N) is 1. The monoisotopic (exact) mass is 294 g/mol. The highest BCUT2D eigenvalue weighted by molar-refractivity contribution is 6.01. The van der Waals surface area contributed by atoms with Crippen LogP contribution >= 0.6 is 0 Å². The molecule has 1 atom stereocenters. The molecule has 0 bridgehead atoms. The lowest BCUT2D eigenvalue weighted by Gasteiger charge is -2.11. The van der Waals surface area contributed by atoms with E-state index in [4.69, 9.17) is 10.8 Å². The summed E-state index contributed by atoms with van der Waals surface area (Å²) in [5.41, 5.74) is 6.49. The van der Waals surface area contributed by atoms with Crippen molar-refractivity contribution >= 4 is 17.8 Å². The molecular formula is C14H18N2O5. The minimum atomic E-state index is -1.33. The van der Waals surface area contributed by atoms with Crippen molar-refractivity contribution in [1.82, 2.24) is 5.32 Å². The summed E-state index contributed by atoms with van der Waals surface area (Å²) in [7, 11) is 0. The average molecular weight is 294 g/mol. The highest BCUT2D eigenvalue weighted by Gasteiger charge is 2.22. The fraction of sp³-hybridized carbons (Fsp3) is 0.357. The van der Waals surface area contributed by atoms with Gasteiger partial charge in [0.25, 0.3) is 0 Å². The van der Waals surface area contributed by atoms with E-state index in [1.165, 1.54) is 12.1 Å². The molecule has 0 aliphatic carbocycles. The van der Waals surface area contributed by atoms with Gasteiger partial charge < -0.3 is 20.9 Å². The Hall–Kier alpha value is -2.41. The molecule has 0 aliphatic rings. The molecular weight excluding hydrogens is 276 g/mol. The highest BCUT2D eigenvalue weighted by atomic mass is 16.5. The van der Waals surface area contributed by atoms with Crippen LogP contribution in [0.15, 0.2) is 24.3 Å². The number of carbonyl (C=O) groups is 3. The van der Waals surface area contributed by atoms with Gasteiger partial charge >= 0.3 is 11.9 Å². The minimum Gasteiger partial charge on any atom is -0.478 e.